The van der Waals surface area contributed by atoms with Crippen molar-refractivity contribution in [3.63, 3.8) is 0 Å². The number of carbonyl (C=O) groups excluding carboxylic acids is 2. The van der Waals surface area contributed by atoms with E-state index in [-0.39, 0.29) is 29.3 Å². The number of rotatable bonds is 6. The number of anilines is 2. The van der Waals surface area contributed by atoms with Gasteiger partial charge in [-0.25, -0.2) is 9.88 Å². The van der Waals surface area contributed by atoms with Crippen molar-refractivity contribution < 1.29 is 27.5 Å². The van der Waals surface area contributed by atoms with Crippen molar-refractivity contribution in [1.82, 2.24) is 10.3 Å². The van der Waals surface area contributed by atoms with Gasteiger partial charge in [0.2, 0.25) is 5.91 Å². The standard InChI is InChI=1S/C23H24ClF3N4O3/c1-2-34-17-5-3-16(4-6-17)31-20(32)12-19(22(31)33)29-15-7-9-30(10-8-15)21-18(24)11-14(13-28-21)23(25,26)27/h3-6,11,13,15,19,29H,2,7-10,12H2,1H3/t19-/m1/s1. The molecule has 182 valence electrons. The second kappa shape index (κ2) is 9.79. The lowest BCUT2D eigenvalue weighted by Crippen LogP contribution is -2.49. The second-order valence-electron chi connectivity index (χ2n) is 8.21. The number of carbonyl (C=O) groups is 2. The summed E-state index contributed by atoms with van der Waals surface area (Å²) in [6.07, 6.45) is -2.40. The Morgan fingerprint density at radius 3 is 2.44 bits per heavy atom. The Bertz CT molecular complexity index is 1060. The van der Waals surface area contributed by atoms with Crippen LogP contribution in [0.5, 0.6) is 5.75 Å². The Hall–Kier alpha value is -2.85. The summed E-state index contributed by atoms with van der Waals surface area (Å²) in [6.45, 7) is 3.41. The maximum Gasteiger partial charge on any atom is 0.417 e. The number of nitrogens with zero attached hydrogens (tertiary/aromatic N) is 3. The van der Waals surface area contributed by atoms with Crippen molar-refractivity contribution >= 4 is 34.9 Å². The molecule has 7 nitrogen and oxygen atoms in total. The van der Waals surface area contributed by atoms with Gasteiger partial charge >= 0.3 is 6.18 Å². The van der Waals surface area contributed by atoms with E-state index in [0.717, 1.165) is 12.3 Å². The van der Waals surface area contributed by atoms with Crippen LogP contribution in [-0.2, 0) is 15.8 Å². The first-order valence-electron chi connectivity index (χ1n) is 11.0. The Kier molecular flexibility index (Phi) is 6.99. The molecule has 0 aliphatic carbocycles. The molecule has 3 heterocycles. The zero-order valence-corrected chi connectivity index (χ0v) is 19.2. The molecule has 0 spiro atoms. The Labute approximate surface area is 199 Å². The summed E-state index contributed by atoms with van der Waals surface area (Å²) in [5, 5.41) is 3.23. The van der Waals surface area contributed by atoms with Gasteiger partial charge < -0.3 is 15.0 Å². The van der Waals surface area contributed by atoms with Crippen LogP contribution in [0.2, 0.25) is 5.02 Å². The molecule has 34 heavy (non-hydrogen) atoms. The van der Waals surface area contributed by atoms with Crippen molar-refractivity contribution in [2.75, 3.05) is 29.5 Å². The number of benzene rings is 1. The molecule has 2 aromatic rings. The molecule has 2 aliphatic rings. The fourth-order valence-electron chi connectivity index (χ4n) is 4.25. The normalized spacial score (nSPS) is 19.7. The molecule has 11 heteroatoms. The van der Waals surface area contributed by atoms with Crippen LogP contribution < -0.4 is 19.9 Å². The van der Waals surface area contributed by atoms with Gasteiger partial charge in [0.15, 0.2) is 0 Å². The molecule has 0 bridgehead atoms. The maximum atomic E-state index is 12.9. The van der Waals surface area contributed by atoms with Gasteiger partial charge in [-0.05, 0) is 50.1 Å². The molecule has 1 atom stereocenters. The van der Waals surface area contributed by atoms with E-state index in [1.54, 1.807) is 24.3 Å². The Morgan fingerprint density at radius 2 is 1.85 bits per heavy atom. The van der Waals surface area contributed by atoms with E-state index in [1.807, 2.05) is 11.8 Å². The van der Waals surface area contributed by atoms with E-state index in [9.17, 15) is 22.8 Å². The highest BCUT2D eigenvalue weighted by Gasteiger charge is 2.41. The number of halogens is 4. The number of piperidine rings is 1. The van der Waals surface area contributed by atoms with Gasteiger partial charge in [0.1, 0.15) is 11.6 Å². The quantitative estimate of drug-likeness (QED) is 0.608. The molecule has 0 radical (unpaired) electrons. The smallest absolute Gasteiger partial charge is 0.417 e. The van der Waals surface area contributed by atoms with Crippen LogP contribution in [0.3, 0.4) is 0 Å². The number of ether oxygens (including phenoxy) is 1. The molecule has 0 unspecified atom stereocenters. The summed E-state index contributed by atoms with van der Waals surface area (Å²) in [6, 6.07) is 7.04. The average Bonchev–Trinajstić information content (AvgIpc) is 3.07. The van der Waals surface area contributed by atoms with Crippen LogP contribution in [-0.4, -0.2) is 48.6 Å². The van der Waals surface area contributed by atoms with Gasteiger partial charge in [-0.15, -0.1) is 0 Å². The zero-order valence-electron chi connectivity index (χ0n) is 18.4. The van der Waals surface area contributed by atoms with E-state index >= 15 is 0 Å². The van der Waals surface area contributed by atoms with Crippen molar-refractivity contribution in [3.05, 3.63) is 47.1 Å². The third-order valence-electron chi connectivity index (χ3n) is 5.93. The lowest BCUT2D eigenvalue weighted by molar-refractivity contribution is -0.137. The summed E-state index contributed by atoms with van der Waals surface area (Å²) in [4.78, 5) is 32.4. The first-order valence-corrected chi connectivity index (χ1v) is 11.4. The van der Waals surface area contributed by atoms with Crippen LogP contribution in [0.4, 0.5) is 24.7 Å². The minimum atomic E-state index is -4.50. The highest BCUT2D eigenvalue weighted by molar-refractivity contribution is 6.33. The van der Waals surface area contributed by atoms with Crippen molar-refractivity contribution in [1.29, 1.82) is 0 Å². The van der Waals surface area contributed by atoms with Crippen LogP contribution in [0.25, 0.3) is 0 Å². The number of pyridine rings is 1. The number of nitrogens with one attached hydrogen (secondary N) is 1. The summed E-state index contributed by atoms with van der Waals surface area (Å²) in [7, 11) is 0. The van der Waals surface area contributed by atoms with E-state index in [1.165, 1.54) is 4.90 Å². The van der Waals surface area contributed by atoms with Crippen LogP contribution in [0.1, 0.15) is 31.7 Å². The summed E-state index contributed by atoms with van der Waals surface area (Å²) in [5.74, 6) is 0.394. The third-order valence-corrected chi connectivity index (χ3v) is 6.21. The molecule has 0 saturated carbocycles. The van der Waals surface area contributed by atoms with Crippen LogP contribution in [0, 0.1) is 0 Å². The SMILES string of the molecule is CCOc1ccc(N2C(=O)C[C@@H](NC3CCN(c4ncc(C(F)(F)F)cc4Cl)CC3)C2=O)cc1. The number of hydrogen-bond donors (Lipinski definition) is 1. The van der Waals surface area contributed by atoms with Gasteiger partial charge in [-0.1, -0.05) is 11.6 Å². The predicted octanol–water partition coefficient (Wildman–Crippen LogP) is 4.04. The minimum absolute atomic E-state index is 0.0218. The number of hydrogen-bond acceptors (Lipinski definition) is 6. The lowest BCUT2D eigenvalue weighted by Gasteiger charge is -2.34. The fourth-order valence-corrected chi connectivity index (χ4v) is 4.54. The van der Waals surface area contributed by atoms with Gasteiger partial charge in [0.05, 0.1) is 35.3 Å². The molecule has 2 fully saturated rings. The predicted molar refractivity (Wildman–Crippen MR) is 121 cm³/mol. The number of imide groups is 1. The molecule has 1 aromatic carbocycles. The zero-order chi connectivity index (χ0) is 24.5. The molecule has 2 amide bonds. The van der Waals surface area contributed by atoms with Gasteiger partial charge in [0, 0.05) is 25.3 Å². The number of aromatic nitrogens is 1. The largest absolute Gasteiger partial charge is 0.494 e. The number of alkyl halides is 3. The first-order chi connectivity index (χ1) is 16.2. The van der Waals surface area contributed by atoms with E-state index < -0.39 is 17.8 Å². The van der Waals surface area contributed by atoms with Gasteiger partial charge in [-0.2, -0.15) is 13.2 Å². The Morgan fingerprint density at radius 1 is 1.18 bits per heavy atom. The molecule has 1 aromatic heterocycles. The summed E-state index contributed by atoms with van der Waals surface area (Å²) in [5.41, 5.74) is -0.389. The van der Waals surface area contributed by atoms with Crippen LogP contribution >= 0.6 is 11.6 Å². The topological polar surface area (TPSA) is 74.8 Å². The molecule has 1 N–H and O–H groups in total. The highest BCUT2D eigenvalue weighted by atomic mass is 35.5. The van der Waals surface area contributed by atoms with E-state index in [0.29, 0.717) is 49.8 Å². The lowest BCUT2D eigenvalue weighted by atomic mass is 10.0. The molecule has 4 rings (SSSR count). The average molecular weight is 497 g/mol. The van der Waals surface area contributed by atoms with Crippen molar-refractivity contribution in [2.45, 2.75) is 44.4 Å². The monoisotopic (exact) mass is 496 g/mol. The van der Waals surface area contributed by atoms with Crippen LogP contribution in [0.15, 0.2) is 36.5 Å². The molecular weight excluding hydrogens is 473 g/mol. The van der Waals surface area contributed by atoms with Crippen molar-refractivity contribution in [2.24, 2.45) is 0 Å². The third kappa shape index (κ3) is 5.12. The highest BCUT2D eigenvalue weighted by Crippen LogP contribution is 2.34. The molecule has 2 aliphatic heterocycles. The maximum absolute atomic E-state index is 12.9. The van der Waals surface area contributed by atoms with E-state index in [2.05, 4.69) is 10.3 Å². The van der Waals surface area contributed by atoms with E-state index in [4.69, 9.17) is 16.3 Å². The molecule has 2 saturated heterocycles. The van der Waals surface area contributed by atoms with Crippen molar-refractivity contribution in [3.8, 4) is 5.75 Å². The Balaban J connectivity index is 1.34. The number of amides is 2. The van der Waals surface area contributed by atoms with Gasteiger partial charge in [-0.3, -0.25) is 9.59 Å². The second-order valence-corrected chi connectivity index (χ2v) is 8.61. The van der Waals surface area contributed by atoms with Gasteiger partial charge in [0.25, 0.3) is 5.91 Å². The fraction of sp³-hybridized carbons (Fsp3) is 0.435. The summed E-state index contributed by atoms with van der Waals surface area (Å²) >= 11 is 6.06. The minimum Gasteiger partial charge on any atom is -0.494 e. The summed E-state index contributed by atoms with van der Waals surface area (Å²) < 4.78 is 43.9. The first kappa shape index (κ1) is 24.3. The molecular formula is C23H24ClF3N4O3.